The first kappa shape index (κ1) is 79.7. The first-order valence-electron chi connectivity index (χ1n) is 34.5. The number of allylic oxidation sites excluding steroid dienone is 9. The lowest BCUT2D eigenvalue weighted by Gasteiger charge is -2.48. The van der Waals surface area contributed by atoms with Crippen LogP contribution in [0.1, 0.15) is 239 Å². The highest BCUT2D eigenvalue weighted by Crippen LogP contribution is 2.33. The number of ether oxygens (including phenoxy) is 6. The summed E-state index contributed by atoms with van der Waals surface area (Å²) < 4.78 is 34.3. The van der Waals surface area contributed by atoms with Gasteiger partial charge in [-0.25, -0.2) is 0 Å². The number of aliphatic hydroxyl groups excluding tert-OH is 11. The highest BCUT2D eigenvalue weighted by Gasteiger charge is 2.53. The van der Waals surface area contributed by atoms with Gasteiger partial charge in [0.25, 0.3) is 0 Å². The van der Waals surface area contributed by atoms with Crippen molar-refractivity contribution in [2.24, 2.45) is 0 Å². The standard InChI is InChI=1S/C69H123NO18/c1-3-5-7-9-11-13-15-17-19-21-22-23-24-25-26-27-28-29-30-31-33-35-37-39-41-43-45-47-57(75)70-52(53(74)46-44-42-40-38-36-34-32-20-18-16-14-12-10-8-6-4-2)51-83-67-63(81)60(78)65(55(49-72)85-67)88-69-64(82)61(79)66(56(50-73)86-69)87-68-62(80)59(77)58(76)54(48-71)84-68/h5,7,11,13,17,19,22-23,44,46,52-56,58-69,71-74,76-82H,3-4,6,8-10,12,14-16,18,20-21,24-43,45,47-51H2,1-2H3,(H,70,75)/b7-5-,13-11-,19-17-,23-22-,46-44+. The number of carbonyl (C=O) groups excluding carboxylic acids is 1. The Morgan fingerprint density at radius 3 is 1.23 bits per heavy atom. The Kier molecular flexibility index (Phi) is 46.2. The zero-order valence-electron chi connectivity index (χ0n) is 53.9. The lowest BCUT2D eigenvalue weighted by atomic mass is 9.96. The fourth-order valence-electron chi connectivity index (χ4n) is 11.5. The molecule has 3 heterocycles. The summed E-state index contributed by atoms with van der Waals surface area (Å²) in [7, 11) is 0. The predicted octanol–water partition coefficient (Wildman–Crippen LogP) is 8.77. The molecule has 0 radical (unpaired) electrons. The van der Waals surface area contributed by atoms with E-state index in [2.05, 4.69) is 67.8 Å². The van der Waals surface area contributed by atoms with Crippen LogP contribution in [0.3, 0.4) is 0 Å². The van der Waals surface area contributed by atoms with E-state index in [-0.39, 0.29) is 18.9 Å². The smallest absolute Gasteiger partial charge is 0.220 e. The van der Waals surface area contributed by atoms with Gasteiger partial charge in [0.05, 0.1) is 38.6 Å². The molecule has 19 heteroatoms. The van der Waals surface area contributed by atoms with E-state index in [1.54, 1.807) is 6.08 Å². The highest BCUT2D eigenvalue weighted by atomic mass is 16.8. The number of hydrogen-bond donors (Lipinski definition) is 12. The third-order valence-corrected chi connectivity index (χ3v) is 17.1. The summed E-state index contributed by atoms with van der Waals surface area (Å²) in [6, 6.07) is -0.975. The monoisotopic (exact) mass is 1250 g/mol. The van der Waals surface area contributed by atoms with Gasteiger partial charge in [0, 0.05) is 6.42 Å². The number of hydrogen-bond acceptors (Lipinski definition) is 18. The lowest BCUT2D eigenvalue weighted by molar-refractivity contribution is -0.379. The van der Waals surface area contributed by atoms with Crippen LogP contribution in [0, 0.1) is 0 Å². The molecule has 0 spiro atoms. The van der Waals surface area contributed by atoms with Crippen LogP contribution in [0.4, 0.5) is 0 Å². The summed E-state index contributed by atoms with van der Waals surface area (Å²) in [5.41, 5.74) is 0. The first-order chi connectivity index (χ1) is 42.8. The van der Waals surface area contributed by atoms with Gasteiger partial charge < -0.3 is 89.9 Å². The summed E-state index contributed by atoms with van der Waals surface area (Å²) in [6.07, 6.45) is 34.8. The van der Waals surface area contributed by atoms with E-state index in [1.807, 2.05) is 6.08 Å². The molecule has 1 amide bonds. The van der Waals surface area contributed by atoms with Gasteiger partial charge >= 0.3 is 0 Å². The van der Waals surface area contributed by atoms with Crippen molar-refractivity contribution in [3.63, 3.8) is 0 Å². The van der Waals surface area contributed by atoms with Gasteiger partial charge in [-0.05, 0) is 57.8 Å². The van der Waals surface area contributed by atoms with E-state index in [4.69, 9.17) is 28.4 Å². The maximum atomic E-state index is 13.4. The van der Waals surface area contributed by atoms with Gasteiger partial charge in [-0.2, -0.15) is 0 Å². The van der Waals surface area contributed by atoms with Crippen molar-refractivity contribution in [3.05, 3.63) is 60.8 Å². The van der Waals surface area contributed by atoms with Crippen molar-refractivity contribution in [2.45, 2.75) is 343 Å². The Labute approximate surface area is 528 Å². The molecule has 0 aliphatic carbocycles. The largest absolute Gasteiger partial charge is 0.394 e. The first-order valence-corrected chi connectivity index (χ1v) is 34.5. The number of aliphatic hydroxyl groups is 11. The molecule has 88 heavy (non-hydrogen) atoms. The van der Waals surface area contributed by atoms with Crippen LogP contribution < -0.4 is 5.32 Å². The normalized spacial score (nSPS) is 28.8. The third-order valence-electron chi connectivity index (χ3n) is 17.1. The van der Waals surface area contributed by atoms with Crippen molar-refractivity contribution in [1.82, 2.24) is 5.32 Å². The minimum Gasteiger partial charge on any atom is -0.394 e. The Balaban J connectivity index is 1.42. The number of rotatable bonds is 52. The SMILES string of the molecule is CC/C=C\C/C=C\C/C=C\C/C=C\CCCCCCCCCCCCCCCCC(=O)NC(COC1OC(CO)C(OC2OC(CO)C(OC3OC(CO)C(O)C(O)C3O)C(O)C2O)C(O)C1O)C(O)/C=C/CCCCCCCCCCCCCCCC. The van der Waals surface area contributed by atoms with Crippen molar-refractivity contribution < 1.29 is 89.4 Å². The molecule has 0 aromatic heterocycles. The van der Waals surface area contributed by atoms with Crippen LogP contribution in [0.25, 0.3) is 0 Å². The van der Waals surface area contributed by atoms with Crippen LogP contribution in [-0.4, -0.2) is 193 Å². The fourth-order valence-corrected chi connectivity index (χ4v) is 11.5. The summed E-state index contributed by atoms with van der Waals surface area (Å²) in [5.74, 6) is -0.277. The number of carbonyl (C=O) groups is 1. The molecule has 3 aliphatic heterocycles. The van der Waals surface area contributed by atoms with Gasteiger partial charge in [0.15, 0.2) is 18.9 Å². The molecule has 17 unspecified atom stereocenters. The van der Waals surface area contributed by atoms with Gasteiger partial charge in [-0.15, -0.1) is 0 Å². The second-order valence-corrected chi connectivity index (χ2v) is 24.6. The molecule has 3 fully saturated rings. The summed E-state index contributed by atoms with van der Waals surface area (Å²) in [4.78, 5) is 13.4. The molecule has 3 saturated heterocycles. The van der Waals surface area contributed by atoms with Gasteiger partial charge in [0.2, 0.25) is 5.91 Å². The topological polar surface area (TPSA) is 307 Å². The molecule has 17 atom stereocenters. The second-order valence-electron chi connectivity index (χ2n) is 24.6. The molecule has 512 valence electrons. The van der Waals surface area contributed by atoms with Crippen LogP contribution in [0.15, 0.2) is 60.8 Å². The third kappa shape index (κ3) is 32.9. The Bertz CT molecular complexity index is 1830. The molecule has 0 aromatic carbocycles. The minimum absolute atomic E-state index is 0.241. The molecule has 0 aromatic rings. The van der Waals surface area contributed by atoms with Gasteiger partial charge in [0.1, 0.15) is 73.2 Å². The molecule has 0 saturated carbocycles. The van der Waals surface area contributed by atoms with Crippen LogP contribution in [0.2, 0.25) is 0 Å². The minimum atomic E-state index is -1.98. The Hall–Kier alpha value is -2.51. The molecule has 0 bridgehead atoms. The average molecular weight is 1250 g/mol. The fraction of sp³-hybridized carbons (Fsp3) is 0.841. The Morgan fingerprint density at radius 1 is 0.420 bits per heavy atom. The summed E-state index contributed by atoms with van der Waals surface area (Å²) in [6.45, 7) is 1.63. The van der Waals surface area contributed by atoms with Gasteiger partial charge in [-0.1, -0.05) is 235 Å². The van der Waals surface area contributed by atoms with Gasteiger partial charge in [-0.3, -0.25) is 4.79 Å². The molecule has 12 N–H and O–H groups in total. The highest BCUT2D eigenvalue weighted by molar-refractivity contribution is 5.76. The molecule has 3 aliphatic rings. The Morgan fingerprint density at radius 2 is 0.784 bits per heavy atom. The van der Waals surface area contributed by atoms with E-state index in [0.29, 0.717) is 6.42 Å². The van der Waals surface area contributed by atoms with Crippen LogP contribution >= 0.6 is 0 Å². The van der Waals surface area contributed by atoms with E-state index < -0.39 is 124 Å². The van der Waals surface area contributed by atoms with Crippen molar-refractivity contribution in [3.8, 4) is 0 Å². The summed E-state index contributed by atoms with van der Waals surface area (Å²) in [5, 5.41) is 120. The molecular weight excluding hydrogens is 1130 g/mol. The lowest BCUT2D eigenvalue weighted by Crippen LogP contribution is -2.66. The summed E-state index contributed by atoms with van der Waals surface area (Å²) >= 11 is 0. The van der Waals surface area contributed by atoms with Crippen molar-refractivity contribution in [1.29, 1.82) is 0 Å². The van der Waals surface area contributed by atoms with Crippen molar-refractivity contribution >= 4 is 5.91 Å². The zero-order chi connectivity index (χ0) is 64.0. The molecular formula is C69H123NO18. The van der Waals surface area contributed by atoms with E-state index in [0.717, 1.165) is 77.0 Å². The second kappa shape index (κ2) is 51.0. The maximum Gasteiger partial charge on any atom is 0.220 e. The molecule has 19 nitrogen and oxygen atoms in total. The van der Waals surface area contributed by atoms with E-state index >= 15 is 0 Å². The van der Waals surface area contributed by atoms with E-state index in [1.165, 1.54) is 135 Å². The zero-order valence-corrected chi connectivity index (χ0v) is 53.9. The predicted molar refractivity (Wildman–Crippen MR) is 342 cm³/mol. The quantitative estimate of drug-likeness (QED) is 0.0200. The van der Waals surface area contributed by atoms with Crippen molar-refractivity contribution in [2.75, 3.05) is 26.4 Å². The number of amides is 1. The number of unbranched alkanes of at least 4 members (excludes halogenated alkanes) is 28. The van der Waals surface area contributed by atoms with E-state index in [9.17, 15) is 61.0 Å². The maximum absolute atomic E-state index is 13.4. The van der Waals surface area contributed by atoms with Crippen LogP contribution in [-0.2, 0) is 33.2 Å². The number of nitrogens with one attached hydrogen (secondary N) is 1. The molecule has 3 rings (SSSR count). The average Bonchev–Trinajstić information content (AvgIpc) is 3.39. The van der Waals surface area contributed by atoms with Crippen LogP contribution in [0.5, 0.6) is 0 Å².